The monoisotopic (exact) mass is 208 g/mol. The van der Waals surface area contributed by atoms with E-state index in [1.54, 1.807) is 6.08 Å². The van der Waals surface area contributed by atoms with Crippen molar-refractivity contribution in [1.82, 2.24) is 0 Å². The summed E-state index contributed by atoms with van der Waals surface area (Å²) in [6.07, 6.45) is 9.52. The Bertz CT molecular complexity index is 289. The van der Waals surface area contributed by atoms with Gasteiger partial charge in [-0.25, -0.2) is 0 Å². The Balaban J connectivity index is 2.77. The minimum Gasteiger partial charge on any atom is -0.381 e. The van der Waals surface area contributed by atoms with Gasteiger partial charge in [0, 0.05) is 5.57 Å². The van der Waals surface area contributed by atoms with Crippen molar-refractivity contribution >= 4 is 5.78 Å². The molecule has 0 spiro atoms. The summed E-state index contributed by atoms with van der Waals surface area (Å²) in [4.78, 5) is 11.5. The predicted octanol–water partition coefficient (Wildman–Crippen LogP) is 2.77. The quantitative estimate of drug-likeness (QED) is 0.705. The van der Waals surface area contributed by atoms with Crippen molar-refractivity contribution < 1.29 is 9.90 Å². The molecule has 0 amide bonds. The molecule has 1 aliphatic rings. The average molecular weight is 208 g/mol. The predicted molar refractivity (Wildman–Crippen MR) is 61.6 cm³/mol. The van der Waals surface area contributed by atoms with E-state index in [1.165, 1.54) is 6.08 Å². The Morgan fingerprint density at radius 3 is 2.73 bits per heavy atom. The van der Waals surface area contributed by atoms with Gasteiger partial charge in [-0.3, -0.25) is 4.79 Å². The molecule has 0 saturated heterocycles. The molecule has 15 heavy (non-hydrogen) atoms. The van der Waals surface area contributed by atoms with Crippen LogP contribution in [0.3, 0.4) is 0 Å². The molecule has 84 valence electrons. The molecule has 0 heterocycles. The first-order valence-electron chi connectivity index (χ1n) is 5.80. The zero-order valence-electron chi connectivity index (χ0n) is 9.62. The number of carbonyl (C=O) groups excluding carboxylic acids is 1. The van der Waals surface area contributed by atoms with Gasteiger partial charge in [0.15, 0.2) is 5.78 Å². The molecule has 2 heteroatoms. The third-order valence-electron chi connectivity index (χ3n) is 2.79. The minimum atomic E-state index is -0.984. The molecule has 0 fully saturated rings. The third-order valence-corrected chi connectivity index (χ3v) is 2.79. The van der Waals surface area contributed by atoms with Crippen LogP contribution in [-0.2, 0) is 4.79 Å². The van der Waals surface area contributed by atoms with Crippen molar-refractivity contribution in [3.8, 4) is 0 Å². The van der Waals surface area contributed by atoms with Crippen molar-refractivity contribution in [2.24, 2.45) is 0 Å². The van der Waals surface area contributed by atoms with E-state index in [0.717, 1.165) is 25.7 Å². The molecule has 0 aromatic carbocycles. The Kier molecular flexibility index (Phi) is 4.28. The van der Waals surface area contributed by atoms with Gasteiger partial charge < -0.3 is 5.11 Å². The fourth-order valence-corrected chi connectivity index (χ4v) is 1.84. The van der Waals surface area contributed by atoms with Gasteiger partial charge in [0.2, 0.25) is 0 Å². The summed E-state index contributed by atoms with van der Waals surface area (Å²) in [5.41, 5.74) is -0.403. The van der Waals surface area contributed by atoms with Crippen LogP contribution < -0.4 is 0 Å². The highest BCUT2D eigenvalue weighted by Crippen LogP contribution is 2.31. The van der Waals surface area contributed by atoms with Gasteiger partial charge in [-0.05, 0) is 25.0 Å². The van der Waals surface area contributed by atoms with Crippen LogP contribution in [0, 0.1) is 0 Å². The largest absolute Gasteiger partial charge is 0.381 e. The second-order valence-corrected chi connectivity index (χ2v) is 4.13. The molecule has 1 atom stereocenters. The molecule has 0 saturated carbocycles. The van der Waals surface area contributed by atoms with Gasteiger partial charge in [0.25, 0.3) is 0 Å². The van der Waals surface area contributed by atoms with Crippen molar-refractivity contribution in [3.05, 3.63) is 23.8 Å². The average Bonchev–Trinajstić information content (AvgIpc) is 2.50. The summed E-state index contributed by atoms with van der Waals surface area (Å²) in [5, 5.41) is 10.3. The standard InChI is InChI=1S/C13H20O2/c1-3-5-7-11-12(14)8-10-13(11,15)9-6-4-2/h7-8,10,15H,3-6,9H2,1-2H3/b11-7-. The Morgan fingerprint density at radius 2 is 2.13 bits per heavy atom. The molecule has 1 unspecified atom stereocenters. The second kappa shape index (κ2) is 5.26. The Morgan fingerprint density at radius 1 is 1.40 bits per heavy atom. The van der Waals surface area contributed by atoms with E-state index in [-0.39, 0.29) is 5.78 Å². The number of unbranched alkanes of at least 4 members (excludes halogenated alkanes) is 2. The third kappa shape index (κ3) is 2.78. The molecule has 1 rings (SSSR count). The van der Waals surface area contributed by atoms with E-state index in [2.05, 4.69) is 13.8 Å². The van der Waals surface area contributed by atoms with Crippen LogP contribution in [0.2, 0.25) is 0 Å². The summed E-state index contributed by atoms with van der Waals surface area (Å²) < 4.78 is 0. The number of rotatable bonds is 5. The highest BCUT2D eigenvalue weighted by molar-refractivity contribution is 6.08. The first-order chi connectivity index (χ1) is 7.14. The van der Waals surface area contributed by atoms with Crippen LogP contribution in [0.4, 0.5) is 0 Å². The highest BCUT2D eigenvalue weighted by Gasteiger charge is 2.35. The maximum absolute atomic E-state index is 11.5. The molecule has 0 bridgehead atoms. The molecule has 0 aromatic heterocycles. The SMILES string of the molecule is CCC/C=C1/C(=O)C=CC1(O)CCCC. The lowest BCUT2D eigenvalue weighted by Gasteiger charge is -2.22. The lowest BCUT2D eigenvalue weighted by molar-refractivity contribution is -0.112. The summed E-state index contributed by atoms with van der Waals surface area (Å²) in [6, 6.07) is 0. The maximum atomic E-state index is 11.5. The van der Waals surface area contributed by atoms with Crippen molar-refractivity contribution in [2.45, 2.75) is 51.6 Å². The first kappa shape index (κ1) is 12.2. The van der Waals surface area contributed by atoms with Crippen molar-refractivity contribution in [1.29, 1.82) is 0 Å². The first-order valence-corrected chi connectivity index (χ1v) is 5.80. The number of hydrogen-bond donors (Lipinski definition) is 1. The lowest BCUT2D eigenvalue weighted by atomic mass is 9.90. The zero-order chi connectivity index (χ0) is 11.3. The molecule has 0 aromatic rings. The van der Waals surface area contributed by atoms with Crippen LogP contribution in [0.5, 0.6) is 0 Å². The van der Waals surface area contributed by atoms with Gasteiger partial charge >= 0.3 is 0 Å². The molecule has 1 N–H and O–H groups in total. The van der Waals surface area contributed by atoms with E-state index in [0.29, 0.717) is 12.0 Å². The topological polar surface area (TPSA) is 37.3 Å². The fraction of sp³-hybridized carbons (Fsp3) is 0.615. The summed E-state index contributed by atoms with van der Waals surface area (Å²) in [6.45, 7) is 4.15. The normalized spacial score (nSPS) is 27.9. The van der Waals surface area contributed by atoms with Crippen LogP contribution in [-0.4, -0.2) is 16.5 Å². The summed E-state index contributed by atoms with van der Waals surface area (Å²) in [5.74, 6) is -0.0259. The van der Waals surface area contributed by atoms with E-state index in [1.807, 2.05) is 6.08 Å². The number of aliphatic hydroxyl groups is 1. The lowest BCUT2D eigenvalue weighted by Crippen LogP contribution is -2.27. The molecular weight excluding hydrogens is 188 g/mol. The van der Waals surface area contributed by atoms with E-state index in [4.69, 9.17) is 0 Å². The van der Waals surface area contributed by atoms with Crippen LogP contribution in [0.15, 0.2) is 23.8 Å². The highest BCUT2D eigenvalue weighted by atomic mass is 16.3. The number of allylic oxidation sites excluding steroid dienone is 2. The van der Waals surface area contributed by atoms with Crippen LogP contribution in [0.1, 0.15) is 46.0 Å². The van der Waals surface area contributed by atoms with E-state index >= 15 is 0 Å². The molecular formula is C13H20O2. The molecule has 0 aliphatic heterocycles. The van der Waals surface area contributed by atoms with Gasteiger partial charge in [0.1, 0.15) is 5.60 Å². The van der Waals surface area contributed by atoms with Crippen LogP contribution in [0.25, 0.3) is 0 Å². The maximum Gasteiger partial charge on any atom is 0.184 e. The summed E-state index contributed by atoms with van der Waals surface area (Å²) >= 11 is 0. The fourth-order valence-electron chi connectivity index (χ4n) is 1.84. The second-order valence-electron chi connectivity index (χ2n) is 4.13. The Hall–Kier alpha value is -0.890. The van der Waals surface area contributed by atoms with Crippen molar-refractivity contribution in [2.75, 3.05) is 0 Å². The van der Waals surface area contributed by atoms with E-state index < -0.39 is 5.60 Å². The smallest absolute Gasteiger partial charge is 0.184 e. The zero-order valence-corrected chi connectivity index (χ0v) is 9.62. The minimum absolute atomic E-state index is 0.0259. The summed E-state index contributed by atoms with van der Waals surface area (Å²) in [7, 11) is 0. The molecule has 1 aliphatic carbocycles. The molecule has 2 nitrogen and oxygen atoms in total. The van der Waals surface area contributed by atoms with Gasteiger partial charge in [-0.2, -0.15) is 0 Å². The van der Waals surface area contributed by atoms with Crippen LogP contribution >= 0.6 is 0 Å². The number of hydrogen-bond acceptors (Lipinski definition) is 2. The number of carbonyl (C=O) groups is 1. The van der Waals surface area contributed by atoms with E-state index in [9.17, 15) is 9.90 Å². The molecule has 0 radical (unpaired) electrons. The number of ketones is 1. The van der Waals surface area contributed by atoms with Gasteiger partial charge in [0.05, 0.1) is 0 Å². The Labute approximate surface area is 91.7 Å². The van der Waals surface area contributed by atoms with Gasteiger partial charge in [-0.15, -0.1) is 0 Å². The van der Waals surface area contributed by atoms with Gasteiger partial charge in [-0.1, -0.05) is 39.2 Å². The van der Waals surface area contributed by atoms with Crippen molar-refractivity contribution in [3.63, 3.8) is 0 Å².